The van der Waals surface area contributed by atoms with Gasteiger partial charge in [-0.1, -0.05) is 0 Å². The zero-order valence-corrected chi connectivity index (χ0v) is 8.94. The summed E-state index contributed by atoms with van der Waals surface area (Å²) in [6.45, 7) is 3.02. The van der Waals surface area contributed by atoms with Gasteiger partial charge in [-0.15, -0.1) is 0 Å². The van der Waals surface area contributed by atoms with Gasteiger partial charge in [-0.25, -0.2) is 0 Å². The maximum Gasteiger partial charge on any atom is 0.116 e. The van der Waals surface area contributed by atoms with E-state index in [0.717, 1.165) is 23.1 Å². The number of aromatic hydroxyl groups is 1. The van der Waals surface area contributed by atoms with Crippen molar-refractivity contribution in [1.29, 1.82) is 0 Å². The molecular weight excluding hydrogens is 188 g/mol. The zero-order chi connectivity index (χ0) is 10.8. The van der Waals surface area contributed by atoms with Gasteiger partial charge in [0.05, 0.1) is 5.52 Å². The highest BCUT2D eigenvalue weighted by atomic mass is 16.3. The van der Waals surface area contributed by atoms with Gasteiger partial charge in [-0.3, -0.25) is 4.98 Å². The third-order valence-corrected chi connectivity index (χ3v) is 2.59. The molecule has 0 aliphatic carbocycles. The lowest BCUT2D eigenvalue weighted by atomic mass is 10.1. The van der Waals surface area contributed by atoms with E-state index in [0.29, 0.717) is 0 Å². The quantitative estimate of drug-likeness (QED) is 0.812. The van der Waals surface area contributed by atoms with Crippen molar-refractivity contribution in [3.63, 3.8) is 0 Å². The number of nitrogens with zero attached hydrogens (tertiary/aromatic N) is 2. The van der Waals surface area contributed by atoms with Gasteiger partial charge in [0.15, 0.2) is 0 Å². The molecule has 2 rings (SSSR count). The minimum atomic E-state index is 0.279. The molecule has 0 fully saturated rings. The lowest BCUT2D eigenvalue weighted by Gasteiger charge is -2.18. The second kappa shape index (κ2) is 3.77. The van der Waals surface area contributed by atoms with Crippen LogP contribution in [0.2, 0.25) is 0 Å². The number of aromatic nitrogens is 1. The number of phenolic OH excluding ortho intramolecular Hbond substituents is 1. The molecule has 0 aliphatic heterocycles. The van der Waals surface area contributed by atoms with Crippen LogP contribution in [0.1, 0.15) is 6.92 Å². The van der Waals surface area contributed by atoms with Crippen LogP contribution >= 0.6 is 0 Å². The van der Waals surface area contributed by atoms with E-state index in [1.54, 1.807) is 18.3 Å². The van der Waals surface area contributed by atoms with Gasteiger partial charge < -0.3 is 10.0 Å². The second-order valence-electron chi connectivity index (χ2n) is 3.55. The van der Waals surface area contributed by atoms with Crippen molar-refractivity contribution >= 4 is 16.6 Å². The average molecular weight is 202 g/mol. The topological polar surface area (TPSA) is 36.4 Å². The Balaban J connectivity index is 2.68. The van der Waals surface area contributed by atoms with Crippen LogP contribution in [0.25, 0.3) is 10.9 Å². The number of benzene rings is 1. The molecule has 15 heavy (non-hydrogen) atoms. The monoisotopic (exact) mass is 202 g/mol. The van der Waals surface area contributed by atoms with Crippen molar-refractivity contribution < 1.29 is 5.11 Å². The van der Waals surface area contributed by atoms with E-state index in [2.05, 4.69) is 16.8 Å². The molecule has 2 aromatic rings. The predicted octanol–water partition coefficient (Wildman–Crippen LogP) is 2.40. The summed E-state index contributed by atoms with van der Waals surface area (Å²) in [5.41, 5.74) is 2.00. The summed E-state index contributed by atoms with van der Waals surface area (Å²) in [4.78, 5) is 6.39. The highest BCUT2D eigenvalue weighted by Gasteiger charge is 2.05. The Kier molecular flexibility index (Phi) is 2.46. The molecule has 0 bridgehead atoms. The Bertz CT molecular complexity index is 482. The van der Waals surface area contributed by atoms with Crippen molar-refractivity contribution in [2.75, 3.05) is 18.5 Å². The minimum absolute atomic E-state index is 0.279. The number of hydrogen-bond donors (Lipinski definition) is 1. The molecule has 0 radical (unpaired) electrons. The lowest BCUT2D eigenvalue weighted by molar-refractivity contribution is 0.476. The van der Waals surface area contributed by atoms with E-state index in [-0.39, 0.29) is 5.75 Å². The van der Waals surface area contributed by atoms with E-state index in [9.17, 15) is 5.11 Å². The predicted molar refractivity (Wildman–Crippen MR) is 62.4 cm³/mol. The maximum atomic E-state index is 9.46. The third kappa shape index (κ3) is 1.73. The van der Waals surface area contributed by atoms with Gasteiger partial charge in [-0.05, 0) is 31.2 Å². The van der Waals surface area contributed by atoms with E-state index in [1.807, 2.05) is 19.2 Å². The SMILES string of the molecule is CCN(C)c1ccnc2ccc(O)cc12. The maximum absolute atomic E-state index is 9.46. The van der Waals surface area contributed by atoms with Gasteiger partial charge in [0.2, 0.25) is 0 Å². The molecule has 0 amide bonds. The molecule has 1 aromatic heterocycles. The first-order valence-corrected chi connectivity index (χ1v) is 5.01. The van der Waals surface area contributed by atoms with E-state index in [4.69, 9.17) is 0 Å². The van der Waals surface area contributed by atoms with E-state index in [1.165, 1.54) is 0 Å². The number of hydrogen-bond acceptors (Lipinski definition) is 3. The van der Waals surface area contributed by atoms with Gasteiger partial charge >= 0.3 is 0 Å². The average Bonchev–Trinajstić information content (AvgIpc) is 2.27. The van der Waals surface area contributed by atoms with Gasteiger partial charge in [0, 0.05) is 30.9 Å². The van der Waals surface area contributed by atoms with Crippen LogP contribution in [0.3, 0.4) is 0 Å². The Morgan fingerprint density at radius 2 is 2.13 bits per heavy atom. The lowest BCUT2D eigenvalue weighted by Crippen LogP contribution is -2.16. The summed E-state index contributed by atoms with van der Waals surface area (Å²) in [6.07, 6.45) is 1.79. The first-order chi connectivity index (χ1) is 7.22. The highest BCUT2D eigenvalue weighted by molar-refractivity contribution is 5.92. The van der Waals surface area contributed by atoms with Gasteiger partial charge in [-0.2, -0.15) is 0 Å². The van der Waals surface area contributed by atoms with Crippen LogP contribution in [-0.4, -0.2) is 23.7 Å². The van der Waals surface area contributed by atoms with Crippen molar-refractivity contribution in [3.8, 4) is 5.75 Å². The molecule has 0 aliphatic rings. The Labute approximate surface area is 89.0 Å². The molecule has 0 atom stereocenters. The van der Waals surface area contributed by atoms with Crippen LogP contribution in [-0.2, 0) is 0 Å². The molecule has 0 saturated carbocycles. The molecule has 1 heterocycles. The first kappa shape index (κ1) is 9.77. The van der Waals surface area contributed by atoms with Crippen LogP contribution in [0.15, 0.2) is 30.5 Å². The molecule has 78 valence electrons. The van der Waals surface area contributed by atoms with Crippen molar-refractivity contribution in [2.24, 2.45) is 0 Å². The largest absolute Gasteiger partial charge is 0.508 e. The normalized spacial score (nSPS) is 10.5. The van der Waals surface area contributed by atoms with E-state index < -0.39 is 0 Å². The minimum Gasteiger partial charge on any atom is -0.508 e. The standard InChI is InChI=1S/C12H14N2O/c1-3-14(2)12-6-7-13-11-5-4-9(15)8-10(11)12/h4-8,15H,3H2,1-2H3. The third-order valence-electron chi connectivity index (χ3n) is 2.59. The number of anilines is 1. The molecular formula is C12H14N2O. The smallest absolute Gasteiger partial charge is 0.116 e. The molecule has 1 aromatic carbocycles. The fourth-order valence-electron chi connectivity index (χ4n) is 1.62. The fraction of sp³-hybridized carbons (Fsp3) is 0.250. The molecule has 1 N–H and O–H groups in total. The summed E-state index contributed by atoms with van der Waals surface area (Å²) in [7, 11) is 2.03. The molecule has 3 heteroatoms. The second-order valence-corrected chi connectivity index (χ2v) is 3.55. The van der Waals surface area contributed by atoms with Crippen LogP contribution in [0.4, 0.5) is 5.69 Å². The summed E-state index contributed by atoms with van der Waals surface area (Å²) in [6, 6.07) is 7.21. The summed E-state index contributed by atoms with van der Waals surface area (Å²) >= 11 is 0. The molecule has 0 spiro atoms. The number of phenols is 1. The number of rotatable bonds is 2. The highest BCUT2D eigenvalue weighted by Crippen LogP contribution is 2.27. The fourth-order valence-corrected chi connectivity index (χ4v) is 1.62. The van der Waals surface area contributed by atoms with Gasteiger partial charge in [0.1, 0.15) is 5.75 Å². The zero-order valence-electron chi connectivity index (χ0n) is 8.94. The Hall–Kier alpha value is -1.77. The Morgan fingerprint density at radius 1 is 1.33 bits per heavy atom. The summed E-state index contributed by atoms with van der Waals surface area (Å²) in [5, 5.41) is 10.5. The molecule has 3 nitrogen and oxygen atoms in total. The van der Waals surface area contributed by atoms with Gasteiger partial charge in [0.25, 0.3) is 0 Å². The van der Waals surface area contributed by atoms with Crippen LogP contribution < -0.4 is 4.90 Å². The van der Waals surface area contributed by atoms with Crippen molar-refractivity contribution in [3.05, 3.63) is 30.5 Å². The van der Waals surface area contributed by atoms with Crippen molar-refractivity contribution in [2.45, 2.75) is 6.92 Å². The first-order valence-electron chi connectivity index (χ1n) is 5.01. The summed E-state index contributed by atoms with van der Waals surface area (Å²) < 4.78 is 0. The van der Waals surface area contributed by atoms with Crippen LogP contribution in [0, 0.1) is 0 Å². The number of fused-ring (bicyclic) bond motifs is 1. The number of pyridine rings is 1. The summed E-state index contributed by atoms with van der Waals surface area (Å²) in [5.74, 6) is 0.279. The van der Waals surface area contributed by atoms with E-state index >= 15 is 0 Å². The van der Waals surface area contributed by atoms with Crippen LogP contribution in [0.5, 0.6) is 5.75 Å². The van der Waals surface area contributed by atoms with Crippen molar-refractivity contribution in [1.82, 2.24) is 4.98 Å². The molecule has 0 unspecified atom stereocenters. The molecule has 0 saturated heterocycles. The Morgan fingerprint density at radius 3 is 2.87 bits per heavy atom.